The van der Waals surface area contributed by atoms with Crippen molar-refractivity contribution in [3.8, 4) is 0 Å². The van der Waals surface area contributed by atoms with Crippen molar-refractivity contribution in [2.24, 2.45) is 0 Å². The predicted octanol–water partition coefficient (Wildman–Crippen LogP) is 5.69. The molecular formula is C28H23F3O7. The Hall–Kier alpha value is -3.92. The largest absolute Gasteiger partial charge is 0.455 e. The van der Waals surface area contributed by atoms with E-state index in [1.54, 1.807) is 12.1 Å². The molecule has 4 atom stereocenters. The Morgan fingerprint density at radius 1 is 0.737 bits per heavy atom. The van der Waals surface area contributed by atoms with Crippen LogP contribution in [0.2, 0.25) is 0 Å². The number of hydrogen-bond acceptors (Lipinski definition) is 7. The van der Waals surface area contributed by atoms with Crippen LogP contribution in [-0.4, -0.2) is 42.9 Å². The number of fused-ring (bicyclic) bond motifs is 2. The number of benzene rings is 4. The van der Waals surface area contributed by atoms with Gasteiger partial charge in [0.05, 0.1) is 0 Å². The number of carbonyl (C=O) groups excluding carboxylic acids is 3. The van der Waals surface area contributed by atoms with Crippen molar-refractivity contribution in [3.63, 3.8) is 0 Å². The topological polar surface area (TPSA) is 88.1 Å². The third kappa shape index (κ3) is 4.60. The summed E-state index contributed by atoms with van der Waals surface area (Å²) in [6.07, 6.45) is -10.5. The molecule has 0 spiro atoms. The van der Waals surface area contributed by atoms with Crippen LogP contribution in [0.3, 0.4) is 0 Å². The normalized spacial score (nSPS) is 21.4. The highest BCUT2D eigenvalue weighted by Crippen LogP contribution is 2.49. The number of alkyl halides is 3. The summed E-state index contributed by atoms with van der Waals surface area (Å²) in [5.74, 6) is -2.37. The molecule has 0 unspecified atom stereocenters. The molecule has 198 valence electrons. The zero-order chi connectivity index (χ0) is 27.4. The van der Waals surface area contributed by atoms with Crippen molar-refractivity contribution in [1.82, 2.24) is 0 Å². The van der Waals surface area contributed by atoms with Crippen molar-refractivity contribution in [1.29, 1.82) is 0 Å². The molecule has 0 aromatic heterocycles. The van der Waals surface area contributed by atoms with Crippen molar-refractivity contribution >= 4 is 50.2 Å². The van der Waals surface area contributed by atoms with Gasteiger partial charge in [-0.05, 0) is 43.9 Å². The number of carbonyl (C=O) groups is 3. The van der Waals surface area contributed by atoms with Gasteiger partial charge in [-0.3, -0.25) is 14.4 Å². The molecule has 38 heavy (non-hydrogen) atoms. The molecule has 0 heterocycles. The molecule has 5 rings (SSSR count). The lowest BCUT2D eigenvalue weighted by Gasteiger charge is -2.42. The van der Waals surface area contributed by atoms with Gasteiger partial charge < -0.3 is 18.9 Å². The molecule has 0 bridgehead atoms. The fraction of sp³-hybridized carbons (Fsp3) is 0.321. The van der Waals surface area contributed by atoms with Gasteiger partial charge in [0.25, 0.3) is 0 Å². The van der Waals surface area contributed by atoms with Gasteiger partial charge in [0, 0.05) is 26.3 Å². The van der Waals surface area contributed by atoms with Crippen LogP contribution in [0.4, 0.5) is 13.2 Å². The first-order valence-corrected chi connectivity index (χ1v) is 11.8. The van der Waals surface area contributed by atoms with E-state index >= 15 is 0 Å². The minimum absolute atomic E-state index is 0.265. The average molecular weight is 528 g/mol. The first-order valence-electron chi connectivity index (χ1n) is 11.8. The summed E-state index contributed by atoms with van der Waals surface area (Å²) < 4.78 is 62.0. The zero-order valence-electron chi connectivity index (χ0n) is 20.6. The van der Waals surface area contributed by atoms with Gasteiger partial charge in [-0.2, -0.15) is 13.2 Å². The first kappa shape index (κ1) is 25.7. The van der Waals surface area contributed by atoms with Crippen LogP contribution in [-0.2, 0) is 33.3 Å². The molecule has 4 aromatic rings. The number of halogens is 3. The molecular weight excluding hydrogens is 505 g/mol. The maximum Gasteiger partial charge on any atom is 0.411 e. The third-order valence-electron chi connectivity index (χ3n) is 6.56. The molecule has 0 saturated carbocycles. The second-order valence-electron chi connectivity index (χ2n) is 9.26. The molecule has 7 nitrogen and oxygen atoms in total. The standard InChI is InChI=1S/C28H23F3O7/c1-13(32)36-24-20-11-18-8-7-16-5-4-6-17-9-10-19(22(18)21(16)17)23(20)25(35-12-28(29,30)31)27(38-15(3)34)26(24)37-14(2)33/h4-11,24-27H,12H2,1-3H3/t24-,25-,26+,27-/m0/s1. The predicted molar refractivity (Wildman–Crippen MR) is 131 cm³/mol. The number of rotatable bonds is 5. The summed E-state index contributed by atoms with van der Waals surface area (Å²) in [6, 6.07) is 14.8. The lowest BCUT2D eigenvalue weighted by molar-refractivity contribution is -0.225. The van der Waals surface area contributed by atoms with Crippen LogP contribution >= 0.6 is 0 Å². The molecule has 0 saturated heterocycles. The van der Waals surface area contributed by atoms with E-state index in [0.29, 0.717) is 10.9 Å². The lowest BCUT2D eigenvalue weighted by Crippen LogP contribution is -2.49. The quantitative estimate of drug-likeness (QED) is 0.187. The van der Waals surface area contributed by atoms with Gasteiger partial charge in [0.2, 0.25) is 0 Å². The third-order valence-corrected chi connectivity index (χ3v) is 6.56. The Morgan fingerprint density at radius 2 is 1.29 bits per heavy atom. The Balaban J connectivity index is 1.86. The second kappa shape index (κ2) is 9.43. The van der Waals surface area contributed by atoms with E-state index in [9.17, 15) is 27.6 Å². The highest BCUT2D eigenvalue weighted by atomic mass is 19.4. The van der Waals surface area contributed by atoms with Crippen LogP contribution in [0.5, 0.6) is 0 Å². The van der Waals surface area contributed by atoms with E-state index in [1.165, 1.54) is 0 Å². The zero-order valence-corrected chi connectivity index (χ0v) is 20.6. The van der Waals surface area contributed by atoms with Crippen molar-refractivity contribution in [2.45, 2.75) is 51.4 Å². The molecule has 1 aliphatic rings. The molecule has 4 aromatic carbocycles. The summed E-state index contributed by atoms with van der Waals surface area (Å²) in [5, 5.41) is 4.81. The van der Waals surface area contributed by atoms with Crippen molar-refractivity contribution in [2.75, 3.05) is 6.61 Å². The van der Waals surface area contributed by atoms with Crippen molar-refractivity contribution < 1.29 is 46.5 Å². The van der Waals surface area contributed by atoms with Gasteiger partial charge in [0.1, 0.15) is 12.7 Å². The van der Waals surface area contributed by atoms with Crippen LogP contribution in [0, 0.1) is 0 Å². The number of esters is 3. The first-order chi connectivity index (χ1) is 17.9. The fourth-order valence-electron chi connectivity index (χ4n) is 5.41. The maximum absolute atomic E-state index is 13.4. The molecule has 1 aliphatic carbocycles. The molecule has 0 radical (unpaired) electrons. The van der Waals surface area contributed by atoms with E-state index in [1.807, 2.05) is 36.4 Å². The number of ether oxygens (including phenoxy) is 4. The van der Waals surface area contributed by atoms with Gasteiger partial charge in [0.15, 0.2) is 18.3 Å². The van der Waals surface area contributed by atoms with Gasteiger partial charge in [-0.25, -0.2) is 0 Å². The summed E-state index contributed by atoms with van der Waals surface area (Å²) in [4.78, 5) is 36.3. The molecule has 0 fully saturated rings. The Kier molecular flexibility index (Phi) is 6.38. The van der Waals surface area contributed by atoms with Crippen LogP contribution < -0.4 is 0 Å². The Morgan fingerprint density at radius 3 is 1.87 bits per heavy atom. The summed E-state index contributed by atoms with van der Waals surface area (Å²) in [7, 11) is 0. The van der Waals surface area contributed by atoms with Gasteiger partial charge in [-0.15, -0.1) is 0 Å². The minimum atomic E-state index is -4.70. The Labute approximate surface area is 214 Å². The summed E-state index contributed by atoms with van der Waals surface area (Å²) in [6.45, 7) is 1.67. The lowest BCUT2D eigenvalue weighted by atomic mass is 9.78. The van der Waals surface area contributed by atoms with E-state index in [4.69, 9.17) is 18.9 Å². The molecule has 0 amide bonds. The maximum atomic E-state index is 13.4. The van der Waals surface area contributed by atoms with Crippen molar-refractivity contribution in [3.05, 3.63) is 59.7 Å². The van der Waals surface area contributed by atoms with E-state index in [2.05, 4.69) is 0 Å². The summed E-state index contributed by atoms with van der Waals surface area (Å²) in [5.41, 5.74) is 0.564. The fourth-order valence-corrected chi connectivity index (χ4v) is 5.41. The average Bonchev–Trinajstić information content (AvgIpc) is 2.82. The highest BCUT2D eigenvalue weighted by molar-refractivity contribution is 6.24. The Bertz CT molecular complexity index is 1550. The molecule has 0 N–H and O–H groups in total. The van der Waals surface area contributed by atoms with Gasteiger partial charge in [-0.1, -0.05) is 42.5 Å². The SMILES string of the molecule is CC(=O)O[C@@H]1[C@H](OC(C)=O)[C@@H](OC(C)=O)c2cc3ccc4cccc5ccc(c2[C@@H]1OCC(F)(F)F)c3c45. The van der Waals surface area contributed by atoms with Crippen LogP contribution in [0.15, 0.2) is 48.5 Å². The van der Waals surface area contributed by atoms with E-state index < -0.39 is 55.1 Å². The van der Waals surface area contributed by atoms with E-state index in [-0.39, 0.29) is 5.56 Å². The van der Waals surface area contributed by atoms with Crippen LogP contribution in [0.1, 0.15) is 44.1 Å². The highest BCUT2D eigenvalue weighted by Gasteiger charge is 2.51. The summed E-state index contributed by atoms with van der Waals surface area (Å²) >= 11 is 0. The monoisotopic (exact) mass is 528 g/mol. The molecule has 0 aliphatic heterocycles. The minimum Gasteiger partial charge on any atom is -0.455 e. The molecule has 10 heteroatoms. The van der Waals surface area contributed by atoms with E-state index in [0.717, 1.165) is 47.7 Å². The second-order valence-corrected chi connectivity index (χ2v) is 9.26. The van der Waals surface area contributed by atoms with Crippen LogP contribution in [0.25, 0.3) is 32.3 Å². The smallest absolute Gasteiger partial charge is 0.411 e. The van der Waals surface area contributed by atoms with Gasteiger partial charge >= 0.3 is 24.1 Å². The number of hydrogen-bond donors (Lipinski definition) is 0.